The standard InChI is InChI=1S/C51H64F3N11O9/c1-29(2)63(41(67)27-55-35-13-9-12-32-42(35)47(71)65(46(32)70)37-14-15-40(66)59-45(37)69)22-23-74-50(3,4)18-21-62-19-16-30(17-20-62)57-44(68)33-24-39(73-6)36(25-34(33)52)58-49-56-26-38-43(60-49)64(31-10-7-8-11-31)28-51(53,54)48(72)61(38)5/h9,12-13,24-26,29-31,37,55H,7-8,10-11,14-23,27-28H2,1-6H3,(H,57,68)(H,56,58,60)(H,59,66,69). The lowest BCUT2D eigenvalue weighted by Crippen LogP contribution is -2.54. The molecule has 0 radical (unpaired) electrons. The van der Waals surface area contributed by atoms with E-state index < -0.39 is 65.4 Å². The number of benzene rings is 2. The molecule has 1 atom stereocenters. The van der Waals surface area contributed by atoms with Crippen molar-refractivity contribution < 1.29 is 56.2 Å². The van der Waals surface area contributed by atoms with Gasteiger partial charge in [0.2, 0.25) is 23.7 Å². The molecule has 7 amide bonds. The van der Waals surface area contributed by atoms with Crippen molar-refractivity contribution in [3.8, 4) is 5.75 Å². The summed E-state index contributed by atoms with van der Waals surface area (Å²) in [6.07, 6.45) is 6.30. The number of alkyl halides is 2. The van der Waals surface area contributed by atoms with E-state index in [1.54, 1.807) is 17.0 Å². The zero-order valence-corrected chi connectivity index (χ0v) is 42.5. The second kappa shape index (κ2) is 21.9. The van der Waals surface area contributed by atoms with Crippen LogP contribution in [0.5, 0.6) is 5.75 Å². The van der Waals surface area contributed by atoms with Gasteiger partial charge in [0.1, 0.15) is 23.3 Å². The molecule has 2 saturated heterocycles. The zero-order valence-electron chi connectivity index (χ0n) is 42.5. The largest absolute Gasteiger partial charge is 0.495 e. The van der Waals surface area contributed by atoms with Crippen LogP contribution >= 0.6 is 0 Å². The topological polar surface area (TPSA) is 228 Å². The Labute approximate surface area is 427 Å². The number of nitrogens with zero attached hydrogens (tertiary/aromatic N) is 7. The molecule has 0 bridgehead atoms. The van der Waals surface area contributed by atoms with Gasteiger partial charge in [0, 0.05) is 69.5 Å². The van der Waals surface area contributed by atoms with Gasteiger partial charge in [0.15, 0.2) is 5.82 Å². The second-order valence-electron chi connectivity index (χ2n) is 20.4. The van der Waals surface area contributed by atoms with Crippen molar-refractivity contribution in [3.05, 3.63) is 59.0 Å². The number of ether oxygens (including phenoxy) is 2. The van der Waals surface area contributed by atoms with Gasteiger partial charge in [-0.2, -0.15) is 13.8 Å². The van der Waals surface area contributed by atoms with Crippen molar-refractivity contribution in [2.75, 3.05) is 80.5 Å². The number of carbonyl (C=O) groups is 7. The Balaban J connectivity index is 0.792. The lowest BCUT2D eigenvalue weighted by atomic mass is 10.0. The summed E-state index contributed by atoms with van der Waals surface area (Å²) in [6.45, 7) is 9.35. The summed E-state index contributed by atoms with van der Waals surface area (Å²) in [5.74, 6) is -8.94. The van der Waals surface area contributed by atoms with Crippen LogP contribution < -0.4 is 35.8 Å². The average Bonchev–Trinajstić information content (AvgIpc) is 3.98. The molecule has 1 unspecified atom stereocenters. The molecule has 398 valence electrons. The Morgan fingerprint density at radius 1 is 1.00 bits per heavy atom. The molecule has 1 aliphatic carbocycles. The summed E-state index contributed by atoms with van der Waals surface area (Å²) in [5, 5.41) is 11.1. The molecule has 3 fully saturated rings. The fraction of sp³-hybridized carbons (Fsp3) is 0.549. The number of methoxy groups -OCH3 is 1. The number of anilines is 5. The van der Waals surface area contributed by atoms with Crippen molar-refractivity contribution in [2.45, 2.75) is 121 Å². The fourth-order valence-electron chi connectivity index (χ4n) is 10.3. The summed E-state index contributed by atoms with van der Waals surface area (Å²) in [5.41, 5.74) is -0.0900. The third kappa shape index (κ3) is 11.4. The number of carbonyl (C=O) groups excluding carboxylic acids is 7. The van der Waals surface area contributed by atoms with E-state index in [9.17, 15) is 33.6 Å². The van der Waals surface area contributed by atoms with Gasteiger partial charge in [-0.05, 0) is 84.4 Å². The van der Waals surface area contributed by atoms with Gasteiger partial charge >= 0.3 is 5.92 Å². The molecule has 0 spiro atoms. The highest BCUT2D eigenvalue weighted by atomic mass is 19.3. The Kier molecular flexibility index (Phi) is 15.8. The first-order valence-corrected chi connectivity index (χ1v) is 25.2. The number of fused-ring (bicyclic) bond motifs is 2. The van der Waals surface area contributed by atoms with E-state index in [1.807, 2.05) is 27.7 Å². The Bertz CT molecular complexity index is 2690. The van der Waals surface area contributed by atoms with E-state index in [0.29, 0.717) is 58.3 Å². The summed E-state index contributed by atoms with van der Waals surface area (Å²) in [6, 6.07) is 5.30. The molecule has 5 heterocycles. The van der Waals surface area contributed by atoms with Crippen molar-refractivity contribution in [1.29, 1.82) is 0 Å². The van der Waals surface area contributed by atoms with E-state index in [0.717, 1.165) is 28.7 Å². The molecule has 74 heavy (non-hydrogen) atoms. The molecule has 2 aromatic carbocycles. The molecule has 4 aliphatic heterocycles. The van der Waals surface area contributed by atoms with E-state index >= 15 is 13.2 Å². The quantitative estimate of drug-likeness (QED) is 0.125. The maximum Gasteiger partial charge on any atom is 0.342 e. The number of hydrogen-bond donors (Lipinski definition) is 4. The smallest absolute Gasteiger partial charge is 0.342 e. The summed E-state index contributed by atoms with van der Waals surface area (Å²) >= 11 is 0. The molecule has 1 saturated carbocycles. The molecule has 3 aromatic rings. The van der Waals surface area contributed by atoms with Crippen LogP contribution in [0.3, 0.4) is 0 Å². The maximum absolute atomic E-state index is 15.8. The molecule has 4 N–H and O–H groups in total. The predicted molar refractivity (Wildman–Crippen MR) is 266 cm³/mol. The van der Waals surface area contributed by atoms with E-state index in [2.05, 4.69) is 36.1 Å². The lowest BCUT2D eigenvalue weighted by molar-refractivity contribution is -0.140. The number of piperidine rings is 2. The summed E-state index contributed by atoms with van der Waals surface area (Å²) in [4.78, 5) is 107. The van der Waals surface area contributed by atoms with Crippen molar-refractivity contribution in [1.82, 2.24) is 35.3 Å². The molecular formula is C51H64F3N11O9. The van der Waals surface area contributed by atoms with Gasteiger partial charge < -0.3 is 45.0 Å². The highest BCUT2D eigenvalue weighted by molar-refractivity contribution is 6.25. The number of likely N-dealkylation sites (tertiary alicyclic amines) is 1. The molecule has 8 rings (SSSR count). The Morgan fingerprint density at radius 3 is 2.42 bits per heavy atom. The van der Waals surface area contributed by atoms with Gasteiger partial charge in [-0.15, -0.1) is 0 Å². The van der Waals surface area contributed by atoms with Gasteiger partial charge in [-0.25, -0.2) is 9.37 Å². The van der Waals surface area contributed by atoms with Crippen LogP contribution in [0.25, 0.3) is 0 Å². The number of halogens is 3. The maximum atomic E-state index is 15.8. The molecule has 20 nitrogen and oxygen atoms in total. The van der Waals surface area contributed by atoms with Crippen LogP contribution in [0.2, 0.25) is 0 Å². The predicted octanol–water partition coefficient (Wildman–Crippen LogP) is 4.86. The Morgan fingerprint density at radius 2 is 1.73 bits per heavy atom. The third-order valence-electron chi connectivity index (χ3n) is 14.5. The average molecular weight is 1030 g/mol. The van der Waals surface area contributed by atoms with Gasteiger partial charge in [0.25, 0.3) is 23.6 Å². The van der Waals surface area contributed by atoms with E-state index in [-0.39, 0.29) is 101 Å². The minimum absolute atomic E-state index is 0.000364. The first kappa shape index (κ1) is 53.4. The normalized spacial score (nSPS) is 19.6. The first-order chi connectivity index (χ1) is 35.2. The van der Waals surface area contributed by atoms with Crippen LogP contribution in [0.15, 0.2) is 36.5 Å². The third-order valence-corrected chi connectivity index (χ3v) is 14.5. The van der Waals surface area contributed by atoms with Crippen LogP contribution in [0.4, 0.5) is 42.0 Å². The van der Waals surface area contributed by atoms with Crippen molar-refractivity contribution in [2.24, 2.45) is 0 Å². The van der Waals surface area contributed by atoms with Crippen LogP contribution in [-0.4, -0.2) is 162 Å². The number of amides is 7. The molecular weight excluding hydrogens is 968 g/mol. The monoisotopic (exact) mass is 1030 g/mol. The number of rotatable bonds is 18. The summed E-state index contributed by atoms with van der Waals surface area (Å²) in [7, 11) is 2.62. The van der Waals surface area contributed by atoms with Crippen LogP contribution in [0.1, 0.15) is 117 Å². The van der Waals surface area contributed by atoms with E-state index in [4.69, 9.17) is 9.47 Å². The first-order valence-electron chi connectivity index (χ1n) is 25.2. The molecule has 5 aliphatic rings. The molecule has 23 heteroatoms. The van der Waals surface area contributed by atoms with Crippen LogP contribution in [0, 0.1) is 5.82 Å². The van der Waals surface area contributed by atoms with Crippen LogP contribution in [-0.2, 0) is 23.9 Å². The number of nitrogens with one attached hydrogen (secondary N) is 4. The minimum atomic E-state index is -3.65. The lowest BCUT2D eigenvalue weighted by Gasteiger charge is -2.35. The second-order valence-corrected chi connectivity index (χ2v) is 20.4. The van der Waals surface area contributed by atoms with Crippen molar-refractivity contribution >= 4 is 70.2 Å². The number of hydrogen-bond acceptors (Lipinski definition) is 15. The number of imide groups is 2. The SMILES string of the molecule is COc1cc(C(=O)NC2CCN(CCC(C)(C)OCCN(C(=O)CNc3cccc4c3C(=O)N(C3CCC(=O)NC3=O)C4=O)C(C)C)CC2)c(F)cc1Nc1ncc2c(n1)N(C1CCCC1)CC(F)(F)C(=O)N2C. The minimum Gasteiger partial charge on any atom is -0.495 e. The highest BCUT2D eigenvalue weighted by Gasteiger charge is 2.49. The van der Waals surface area contributed by atoms with Gasteiger partial charge in [-0.1, -0.05) is 18.9 Å². The fourth-order valence-corrected chi connectivity index (χ4v) is 10.3. The van der Waals surface area contributed by atoms with Gasteiger partial charge in [0.05, 0.1) is 61.0 Å². The van der Waals surface area contributed by atoms with E-state index in [1.165, 1.54) is 37.4 Å². The zero-order chi connectivity index (χ0) is 53.2. The summed E-state index contributed by atoms with van der Waals surface area (Å²) < 4.78 is 57.8. The van der Waals surface area contributed by atoms with Crippen molar-refractivity contribution in [3.63, 3.8) is 0 Å². The molecule has 1 aromatic heterocycles. The number of aromatic nitrogens is 2. The Hall–Kier alpha value is -6.88. The van der Waals surface area contributed by atoms with Gasteiger partial charge in [-0.3, -0.25) is 43.8 Å². The highest BCUT2D eigenvalue weighted by Crippen LogP contribution is 2.41.